The van der Waals surface area contributed by atoms with Crippen LogP contribution in [-0.2, 0) is 23.3 Å². The molecule has 0 aliphatic carbocycles. The first-order chi connectivity index (χ1) is 14.9. The van der Waals surface area contributed by atoms with Crippen molar-refractivity contribution >= 4 is 33.3 Å². The molecule has 4 rings (SSSR count). The highest BCUT2D eigenvalue weighted by atomic mass is 32.2. The summed E-state index contributed by atoms with van der Waals surface area (Å²) in [6.07, 6.45) is 3.36. The zero-order valence-electron chi connectivity index (χ0n) is 18.5. The van der Waals surface area contributed by atoms with Crippen LogP contribution in [0.25, 0.3) is 21.5 Å². The topological polar surface area (TPSA) is 29.5 Å². The molecule has 0 saturated carbocycles. The monoisotopic (exact) mass is 430 g/mol. The number of hydrogen-bond acceptors (Lipinski definition) is 3. The predicted octanol–water partition coefficient (Wildman–Crippen LogP) is 6.67. The average Bonchev–Trinajstić information content (AvgIpc) is 2.74. The molecule has 0 radical (unpaired) electrons. The Balaban J connectivity index is 1.43. The van der Waals surface area contributed by atoms with Crippen molar-refractivity contribution in [1.29, 1.82) is 0 Å². The van der Waals surface area contributed by atoms with Crippen LogP contribution in [0, 0.1) is 6.92 Å². The van der Waals surface area contributed by atoms with Crippen LogP contribution < -0.4 is 0 Å². The van der Waals surface area contributed by atoms with Gasteiger partial charge < -0.3 is 9.84 Å². The van der Waals surface area contributed by atoms with E-state index in [1.54, 1.807) is 6.92 Å². The lowest BCUT2D eigenvalue weighted by Gasteiger charge is -2.24. The fraction of sp³-hybridized carbons (Fsp3) is 0.286. The molecule has 0 spiro atoms. The van der Waals surface area contributed by atoms with Crippen LogP contribution in [0.4, 0.5) is 0 Å². The van der Waals surface area contributed by atoms with Gasteiger partial charge in [-0.05, 0) is 70.3 Å². The second kappa shape index (κ2) is 9.44. The third kappa shape index (κ3) is 5.30. The van der Waals surface area contributed by atoms with Gasteiger partial charge in [0.2, 0.25) is 0 Å². The zero-order valence-corrected chi connectivity index (χ0v) is 19.3. The predicted molar refractivity (Wildman–Crippen MR) is 134 cm³/mol. The van der Waals surface area contributed by atoms with Crippen LogP contribution in [0.1, 0.15) is 29.2 Å². The summed E-state index contributed by atoms with van der Waals surface area (Å²) in [6.45, 7) is 4.38. The Labute approximate surface area is 189 Å². The summed E-state index contributed by atoms with van der Waals surface area (Å²) in [5.74, 6) is -0.245. The molecule has 4 aromatic carbocycles. The molecule has 1 N–H and O–H groups in total. The molecule has 160 valence electrons. The highest BCUT2D eigenvalue weighted by Crippen LogP contribution is 2.27. The lowest BCUT2D eigenvalue weighted by atomic mass is 9.98. The second-order valence-corrected chi connectivity index (χ2v) is 9.36. The van der Waals surface area contributed by atoms with E-state index in [0.29, 0.717) is 13.0 Å². The van der Waals surface area contributed by atoms with Crippen molar-refractivity contribution in [3.05, 3.63) is 95.1 Å². The summed E-state index contributed by atoms with van der Waals surface area (Å²) in [7, 11) is 0. The summed E-state index contributed by atoms with van der Waals surface area (Å²) < 4.78 is 5.94. The molecule has 0 aliphatic rings. The Morgan fingerprint density at radius 1 is 0.871 bits per heavy atom. The maximum absolute atomic E-state index is 10.9. The summed E-state index contributed by atoms with van der Waals surface area (Å²) in [5.41, 5.74) is 4.93. The number of aliphatic hydroxyl groups is 1. The molecule has 0 bridgehead atoms. The molecule has 0 aromatic heterocycles. The maximum Gasteiger partial charge on any atom is 0.166 e. The van der Waals surface area contributed by atoms with E-state index in [1.165, 1.54) is 38.2 Å². The SMILES string of the molecule is CSCc1cc(CC(C)(O)OCCc2ccc3c(C)cccc3c2)cc2ccccc12. The lowest BCUT2D eigenvalue weighted by molar-refractivity contribution is -0.187. The van der Waals surface area contributed by atoms with Gasteiger partial charge in [0.25, 0.3) is 0 Å². The van der Waals surface area contributed by atoms with E-state index >= 15 is 0 Å². The molecule has 0 heterocycles. The van der Waals surface area contributed by atoms with E-state index in [2.05, 4.69) is 86.0 Å². The van der Waals surface area contributed by atoms with Crippen molar-refractivity contribution in [3.63, 3.8) is 0 Å². The molecular formula is C28H30O2S. The summed E-state index contributed by atoms with van der Waals surface area (Å²) in [6, 6.07) is 25.8. The summed E-state index contributed by atoms with van der Waals surface area (Å²) >= 11 is 1.82. The van der Waals surface area contributed by atoms with E-state index in [1.807, 2.05) is 11.8 Å². The first-order valence-electron chi connectivity index (χ1n) is 10.8. The molecule has 0 saturated heterocycles. The number of fused-ring (bicyclic) bond motifs is 2. The van der Waals surface area contributed by atoms with E-state index in [4.69, 9.17) is 4.74 Å². The molecule has 0 aliphatic heterocycles. The van der Waals surface area contributed by atoms with Crippen molar-refractivity contribution in [3.8, 4) is 0 Å². The van der Waals surface area contributed by atoms with Crippen molar-refractivity contribution < 1.29 is 9.84 Å². The number of thioether (sulfide) groups is 1. The normalized spacial score (nSPS) is 13.5. The van der Waals surface area contributed by atoms with Crippen molar-refractivity contribution in [2.45, 2.75) is 38.2 Å². The van der Waals surface area contributed by atoms with Gasteiger partial charge in [0.05, 0.1) is 6.61 Å². The minimum atomic E-state index is -1.20. The highest BCUT2D eigenvalue weighted by molar-refractivity contribution is 7.97. The van der Waals surface area contributed by atoms with Gasteiger partial charge in [0.15, 0.2) is 5.79 Å². The number of ether oxygens (including phenoxy) is 1. The van der Waals surface area contributed by atoms with E-state index in [0.717, 1.165) is 17.7 Å². The molecule has 2 nitrogen and oxygen atoms in total. The standard InChI is InChI=1S/C28H30O2S/c1-20-7-6-9-23-15-21(11-12-26(20)23)13-14-30-28(2,29)18-22-16-24-8-4-5-10-27(24)25(17-22)19-31-3/h4-12,15-17,29H,13-14,18-19H2,1-3H3. The van der Waals surface area contributed by atoms with Crippen molar-refractivity contribution in [2.24, 2.45) is 0 Å². The molecular weight excluding hydrogens is 400 g/mol. The smallest absolute Gasteiger partial charge is 0.166 e. The van der Waals surface area contributed by atoms with Gasteiger partial charge in [-0.3, -0.25) is 0 Å². The average molecular weight is 431 g/mol. The molecule has 0 fully saturated rings. The zero-order chi connectivity index (χ0) is 21.8. The molecule has 31 heavy (non-hydrogen) atoms. The van der Waals surface area contributed by atoms with E-state index in [9.17, 15) is 5.11 Å². The Bertz CT molecular complexity index is 1200. The first-order valence-corrected chi connectivity index (χ1v) is 12.2. The Morgan fingerprint density at radius 2 is 1.61 bits per heavy atom. The Hall–Kier alpha value is -2.33. The van der Waals surface area contributed by atoms with Crippen LogP contribution in [0.15, 0.2) is 72.8 Å². The maximum atomic E-state index is 10.9. The van der Waals surface area contributed by atoms with Crippen LogP contribution in [-0.4, -0.2) is 23.8 Å². The molecule has 4 aromatic rings. The van der Waals surface area contributed by atoms with Gasteiger partial charge in [0.1, 0.15) is 0 Å². The van der Waals surface area contributed by atoms with Crippen LogP contribution in [0.2, 0.25) is 0 Å². The van der Waals surface area contributed by atoms with E-state index < -0.39 is 5.79 Å². The van der Waals surface area contributed by atoms with Crippen LogP contribution in [0.3, 0.4) is 0 Å². The number of benzene rings is 4. The van der Waals surface area contributed by atoms with Gasteiger partial charge >= 0.3 is 0 Å². The molecule has 3 heteroatoms. The van der Waals surface area contributed by atoms with E-state index in [-0.39, 0.29) is 0 Å². The largest absolute Gasteiger partial charge is 0.365 e. The van der Waals surface area contributed by atoms with Gasteiger partial charge in [-0.15, -0.1) is 0 Å². The van der Waals surface area contributed by atoms with Crippen molar-refractivity contribution in [2.75, 3.05) is 12.9 Å². The Kier molecular flexibility index (Phi) is 6.66. The summed E-state index contributed by atoms with van der Waals surface area (Å²) in [5, 5.41) is 16.0. The number of rotatable bonds is 8. The van der Waals surface area contributed by atoms with Crippen molar-refractivity contribution in [1.82, 2.24) is 0 Å². The van der Waals surface area contributed by atoms with Gasteiger partial charge in [0, 0.05) is 12.2 Å². The summed E-state index contributed by atoms with van der Waals surface area (Å²) in [4.78, 5) is 0. The first kappa shape index (κ1) is 21.9. The molecule has 1 atom stereocenters. The van der Waals surface area contributed by atoms with Crippen LogP contribution in [0.5, 0.6) is 0 Å². The second-order valence-electron chi connectivity index (χ2n) is 8.49. The van der Waals surface area contributed by atoms with Gasteiger partial charge in [-0.1, -0.05) is 72.8 Å². The number of aryl methyl sites for hydroxylation is 1. The number of hydrogen-bond donors (Lipinski definition) is 1. The third-order valence-electron chi connectivity index (χ3n) is 5.81. The lowest BCUT2D eigenvalue weighted by Crippen LogP contribution is -2.32. The van der Waals surface area contributed by atoms with Gasteiger partial charge in [-0.2, -0.15) is 11.8 Å². The fourth-order valence-corrected chi connectivity index (χ4v) is 4.85. The highest BCUT2D eigenvalue weighted by Gasteiger charge is 2.22. The quantitative estimate of drug-likeness (QED) is 0.316. The molecule has 1 unspecified atom stereocenters. The minimum Gasteiger partial charge on any atom is -0.365 e. The fourth-order valence-electron chi connectivity index (χ4n) is 4.30. The van der Waals surface area contributed by atoms with Crippen LogP contribution >= 0.6 is 11.8 Å². The molecule has 0 amide bonds. The minimum absolute atomic E-state index is 0.468. The third-order valence-corrected chi connectivity index (χ3v) is 6.41. The van der Waals surface area contributed by atoms with Gasteiger partial charge in [-0.25, -0.2) is 0 Å². The Morgan fingerprint density at radius 3 is 2.45 bits per heavy atom.